The van der Waals surface area contributed by atoms with Crippen LogP contribution in [0.25, 0.3) is 11.3 Å². The number of hydrogen-bond donors (Lipinski definition) is 0. The zero-order valence-electron chi connectivity index (χ0n) is 18.1. The van der Waals surface area contributed by atoms with Gasteiger partial charge in [-0.3, -0.25) is 13.8 Å². The quantitative estimate of drug-likeness (QED) is 0.434. The minimum Gasteiger partial charge on any atom is -0.378 e. The first kappa shape index (κ1) is 20.7. The summed E-state index contributed by atoms with van der Waals surface area (Å²) in [5.41, 5.74) is 4.50. The van der Waals surface area contributed by atoms with Crippen molar-refractivity contribution in [2.75, 3.05) is 31.2 Å². The van der Waals surface area contributed by atoms with E-state index in [-0.39, 0.29) is 5.56 Å². The molecule has 0 unspecified atom stereocenters. The zero-order chi connectivity index (χ0) is 22.1. The van der Waals surface area contributed by atoms with Crippen LogP contribution in [0, 0.1) is 13.8 Å². The maximum atomic E-state index is 12.6. The Hall–Kier alpha value is -3.17. The summed E-state index contributed by atoms with van der Waals surface area (Å²) in [6.45, 7) is 6.93. The molecule has 5 rings (SSSR count). The maximum Gasteiger partial charge on any atom is 0.258 e. The standard InChI is InChI=1S/C23H24N6O2S/c1-16-3-6-19(7-4-16)29-22(27-9-11-31-12-10-27)25-26-23(29)32-15-18-13-21(30)28-14-17(2)5-8-20(28)24-18/h3-8,13-14H,9-12,15H2,1-2H3. The van der Waals surface area contributed by atoms with E-state index in [0.717, 1.165) is 41.1 Å². The van der Waals surface area contributed by atoms with Crippen molar-refractivity contribution in [1.29, 1.82) is 0 Å². The molecule has 1 saturated heterocycles. The smallest absolute Gasteiger partial charge is 0.258 e. The predicted octanol–water partition coefficient (Wildman–Crippen LogP) is 3.02. The fourth-order valence-corrected chi connectivity index (χ4v) is 4.55. The highest BCUT2D eigenvalue weighted by atomic mass is 32.2. The van der Waals surface area contributed by atoms with E-state index in [1.54, 1.807) is 10.5 Å². The largest absolute Gasteiger partial charge is 0.378 e. The second kappa shape index (κ2) is 8.76. The summed E-state index contributed by atoms with van der Waals surface area (Å²) >= 11 is 1.53. The van der Waals surface area contributed by atoms with Crippen LogP contribution in [0.1, 0.15) is 16.8 Å². The third kappa shape index (κ3) is 4.13. The number of aromatic nitrogens is 5. The molecule has 0 aliphatic carbocycles. The highest BCUT2D eigenvalue weighted by Gasteiger charge is 2.22. The number of hydrogen-bond acceptors (Lipinski definition) is 7. The number of rotatable bonds is 5. The number of aryl methyl sites for hydroxylation is 2. The molecule has 1 aliphatic rings. The molecule has 0 N–H and O–H groups in total. The molecule has 1 aromatic carbocycles. The Labute approximate surface area is 189 Å². The summed E-state index contributed by atoms with van der Waals surface area (Å²) in [4.78, 5) is 19.4. The maximum absolute atomic E-state index is 12.6. The highest BCUT2D eigenvalue weighted by Crippen LogP contribution is 2.29. The van der Waals surface area contributed by atoms with E-state index in [4.69, 9.17) is 4.74 Å². The van der Waals surface area contributed by atoms with Crippen molar-refractivity contribution in [2.45, 2.75) is 24.8 Å². The van der Waals surface area contributed by atoms with Gasteiger partial charge in [0.1, 0.15) is 5.65 Å². The number of morpholine rings is 1. The Morgan fingerprint density at radius 1 is 1.00 bits per heavy atom. The molecule has 0 radical (unpaired) electrons. The topological polar surface area (TPSA) is 77.5 Å². The summed E-state index contributed by atoms with van der Waals surface area (Å²) < 4.78 is 9.16. The molecule has 4 heterocycles. The van der Waals surface area contributed by atoms with Crippen LogP contribution in [0.15, 0.2) is 58.6 Å². The number of anilines is 1. The van der Waals surface area contributed by atoms with Crippen LogP contribution >= 0.6 is 11.8 Å². The lowest BCUT2D eigenvalue weighted by Gasteiger charge is -2.28. The molecule has 1 fully saturated rings. The summed E-state index contributed by atoms with van der Waals surface area (Å²) in [6.07, 6.45) is 1.81. The van der Waals surface area contributed by atoms with E-state index in [9.17, 15) is 4.79 Å². The zero-order valence-corrected chi connectivity index (χ0v) is 18.9. The fourth-order valence-electron chi connectivity index (χ4n) is 3.71. The number of pyridine rings is 1. The Morgan fingerprint density at radius 3 is 2.53 bits per heavy atom. The van der Waals surface area contributed by atoms with Gasteiger partial charge in [0.05, 0.1) is 24.6 Å². The summed E-state index contributed by atoms with van der Waals surface area (Å²) in [6, 6.07) is 13.7. The van der Waals surface area contributed by atoms with E-state index in [0.29, 0.717) is 24.6 Å². The molecule has 3 aromatic heterocycles. The van der Waals surface area contributed by atoms with Crippen LogP contribution in [0.5, 0.6) is 0 Å². The van der Waals surface area contributed by atoms with Crippen molar-refractivity contribution in [2.24, 2.45) is 0 Å². The van der Waals surface area contributed by atoms with Crippen LogP contribution < -0.4 is 10.5 Å². The normalized spacial score (nSPS) is 14.2. The van der Waals surface area contributed by atoms with Crippen molar-refractivity contribution in [3.63, 3.8) is 0 Å². The van der Waals surface area contributed by atoms with Gasteiger partial charge in [-0.1, -0.05) is 35.5 Å². The Morgan fingerprint density at radius 2 is 1.75 bits per heavy atom. The Balaban J connectivity index is 1.47. The van der Waals surface area contributed by atoms with E-state index in [2.05, 4.69) is 55.8 Å². The molecule has 4 aromatic rings. The molecular weight excluding hydrogens is 424 g/mol. The molecule has 0 amide bonds. The number of nitrogens with zero attached hydrogens (tertiary/aromatic N) is 6. The van der Waals surface area contributed by atoms with Gasteiger partial charge in [0.15, 0.2) is 5.16 Å². The molecule has 0 bridgehead atoms. The monoisotopic (exact) mass is 448 g/mol. The average molecular weight is 449 g/mol. The van der Waals surface area contributed by atoms with E-state index < -0.39 is 0 Å². The minimum absolute atomic E-state index is 0.0803. The van der Waals surface area contributed by atoms with Gasteiger partial charge in [-0.05, 0) is 37.6 Å². The SMILES string of the molecule is Cc1ccc(-n2c(SCc3cc(=O)n4cc(C)ccc4n3)nnc2N2CCOCC2)cc1. The van der Waals surface area contributed by atoms with Gasteiger partial charge in [-0.15, -0.1) is 10.2 Å². The third-order valence-corrected chi connectivity index (χ3v) is 6.37. The molecule has 0 saturated carbocycles. The molecule has 9 heteroatoms. The van der Waals surface area contributed by atoms with Crippen molar-refractivity contribution >= 4 is 23.4 Å². The van der Waals surface area contributed by atoms with Gasteiger partial charge in [-0.2, -0.15) is 0 Å². The van der Waals surface area contributed by atoms with Crippen LogP contribution in [-0.2, 0) is 10.5 Å². The van der Waals surface area contributed by atoms with Crippen LogP contribution in [-0.4, -0.2) is 50.5 Å². The van der Waals surface area contributed by atoms with Crippen molar-refractivity contribution in [3.05, 3.63) is 75.8 Å². The fraction of sp³-hybridized carbons (Fsp3) is 0.304. The first-order valence-corrected chi connectivity index (χ1v) is 11.5. The van der Waals surface area contributed by atoms with E-state index >= 15 is 0 Å². The van der Waals surface area contributed by atoms with Gasteiger partial charge in [-0.25, -0.2) is 4.98 Å². The molecule has 0 atom stereocenters. The second-order valence-electron chi connectivity index (χ2n) is 7.86. The average Bonchev–Trinajstić information content (AvgIpc) is 3.23. The lowest BCUT2D eigenvalue weighted by Crippen LogP contribution is -2.37. The van der Waals surface area contributed by atoms with Gasteiger partial charge in [0.25, 0.3) is 5.56 Å². The van der Waals surface area contributed by atoms with Gasteiger partial charge >= 0.3 is 0 Å². The molecule has 164 valence electrons. The van der Waals surface area contributed by atoms with Gasteiger partial charge < -0.3 is 9.64 Å². The third-order valence-electron chi connectivity index (χ3n) is 5.41. The molecule has 8 nitrogen and oxygen atoms in total. The molecule has 32 heavy (non-hydrogen) atoms. The van der Waals surface area contributed by atoms with Crippen molar-refractivity contribution in [1.82, 2.24) is 24.1 Å². The summed E-state index contributed by atoms with van der Waals surface area (Å²) in [5, 5.41) is 9.75. The van der Waals surface area contributed by atoms with Gasteiger partial charge in [0.2, 0.25) is 5.95 Å². The number of benzene rings is 1. The van der Waals surface area contributed by atoms with E-state index in [1.165, 1.54) is 17.3 Å². The van der Waals surface area contributed by atoms with Gasteiger partial charge in [0, 0.05) is 31.1 Å². The molecule has 0 spiro atoms. The lowest BCUT2D eigenvalue weighted by atomic mass is 10.2. The molecule has 1 aliphatic heterocycles. The summed E-state index contributed by atoms with van der Waals surface area (Å²) in [7, 11) is 0. The van der Waals surface area contributed by atoms with Crippen molar-refractivity contribution < 1.29 is 4.74 Å². The van der Waals surface area contributed by atoms with Crippen LogP contribution in [0.2, 0.25) is 0 Å². The highest BCUT2D eigenvalue weighted by molar-refractivity contribution is 7.98. The first-order valence-electron chi connectivity index (χ1n) is 10.6. The summed E-state index contributed by atoms with van der Waals surface area (Å²) in [5.74, 6) is 1.33. The Kier molecular flexibility index (Phi) is 5.67. The predicted molar refractivity (Wildman–Crippen MR) is 125 cm³/mol. The molecular formula is C23H24N6O2S. The first-order chi connectivity index (χ1) is 15.6. The minimum atomic E-state index is -0.0803. The number of fused-ring (bicyclic) bond motifs is 1. The van der Waals surface area contributed by atoms with E-state index in [1.807, 2.05) is 25.3 Å². The van der Waals surface area contributed by atoms with Crippen LogP contribution in [0.4, 0.5) is 5.95 Å². The lowest BCUT2D eigenvalue weighted by molar-refractivity contribution is 0.122. The Bertz CT molecular complexity index is 1310. The number of thioether (sulfide) groups is 1. The second-order valence-corrected chi connectivity index (χ2v) is 8.80. The van der Waals surface area contributed by atoms with Crippen LogP contribution in [0.3, 0.4) is 0 Å². The van der Waals surface area contributed by atoms with Crippen molar-refractivity contribution in [3.8, 4) is 5.69 Å². The number of ether oxygens (including phenoxy) is 1.